The topological polar surface area (TPSA) is 15.6 Å². The van der Waals surface area contributed by atoms with Crippen LogP contribution in [0.5, 0.6) is 0 Å². The molecule has 0 spiro atoms. The third-order valence-electron chi connectivity index (χ3n) is 1.61. The van der Waals surface area contributed by atoms with E-state index < -0.39 is 0 Å². The second-order valence-corrected chi connectivity index (χ2v) is 3.06. The van der Waals surface area contributed by atoms with Crippen LogP contribution in [0, 0.1) is 31.6 Å². The lowest BCUT2D eigenvalue weighted by atomic mass is 10.1. The fourth-order valence-corrected chi connectivity index (χ4v) is 0.903. The first kappa shape index (κ1) is 9.72. The molecule has 0 bridgehead atoms. The van der Waals surface area contributed by atoms with Crippen molar-refractivity contribution in [3.05, 3.63) is 31.6 Å². The van der Waals surface area contributed by atoms with Crippen molar-refractivity contribution in [2.24, 2.45) is 4.99 Å². The van der Waals surface area contributed by atoms with Crippen LogP contribution in [0.4, 0.5) is 0 Å². The number of rotatable bonds is 4. The van der Waals surface area contributed by atoms with E-state index in [-0.39, 0.29) is 0 Å². The molecule has 12 heavy (non-hydrogen) atoms. The molecule has 0 aromatic rings. The third kappa shape index (κ3) is 3.86. The Balaban J connectivity index is 2.04. The van der Waals surface area contributed by atoms with E-state index in [9.17, 15) is 0 Å². The zero-order chi connectivity index (χ0) is 8.81. The molecular weight excluding hydrogens is 148 g/mol. The van der Waals surface area contributed by atoms with E-state index in [0.29, 0.717) is 0 Å². The largest absolute Gasteiger partial charge is 0.308 e. The lowest BCUT2D eigenvalue weighted by Crippen LogP contribution is -2.15. The van der Waals surface area contributed by atoms with Crippen molar-refractivity contribution in [3.8, 4) is 0 Å². The van der Waals surface area contributed by atoms with E-state index in [0.717, 1.165) is 13.1 Å². The molecule has 5 radical (unpaired) electrons. The molecule has 1 rings (SSSR count). The molecular formula is C10H15N2. The molecule has 0 heterocycles. The van der Waals surface area contributed by atoms with E-state index in [2.05, 4.69) is 36.8 Å². The molecule has 1 saturated carbocycles. The van der Waals surface area contributed by atoms with Gasteiger partial charge in [-0.15, -0.1) is 0 Å². The highest BCUT2D eigenvalue weighted by Gasteiger charge is 2.13. The van der Waals surface area contributed by atoms with Gasteiger partial charge in [0.05, 0.1) is 6.54 Å². The summed E-state index contributed by atoms with van der Waals surface area (Å²) in [6.45, 7) is 1.88. The second kappa shape index (κ2) is 5.31. The van der Waals surface area contributed by atoms with Gasteiger partial charge in [-0.2, -0.15) is 0 Å². The van der Waals surface area contributed by atoms with Gasteiger partial charge in [0.25, 0.3) is 0 Å². The Hall–Kier alpha value is -0.370. The average Bonchev–Trinajstić information content (AvgIpc) is 2.49. The van der Waals surface area contributed by atoms with Gasteiger partial charge in [-0.1, -0.05) is 0 Å². The van der Waals surface area contributed by atoms with Crippen LogP contribution in [0.1, 0.15) is 0 Å². The van der Waals surface area contributed by atoms with Crippen LogP contribution in [0.15, 0.2) is 4.99 Å². The molecule has 0 unspecified atom stereocenters. The lowest BCUT2D eigenvalue weighted by molar-refractivity contribution is 0.421. The van der Waals surface area contributed by atoms with Crippen molar-refractivity contribution in [3.63, 3.8) is 0 Å². The van der Waals surface area contributed by atoms with Gasteiger partial charge in [-0.3, -0.25) is 4.99 Å². The lowest BCUT2D eigenvalue weighted by Gasteiger charge is -2.05. The molecule has 0 aromatic heterocycles. The van der Waals surface area contributed by atoms with Gasteiger partial charge in [0.2, 0.25) is 0 Å². The first-order chi connectivity index (χ1) is 5.79. The maximum absolute atomic E-state index is 4.29. The monoisotopic (exact) mass is 163 g/mol. The zero-order valence-corrected chi connectivity index (χ0v) is 7.70. The Labute approximate surface area is 75.7 Å². The molecule has 0 aliphatic heterocycles. The SMILES string of the molecule is CN(C)CCN=C[C]1[CH][CH][CH][CH]1. The normalized spacial score (nSPS) is 19.9. The van der Waals surface area contributed by atoms with Crippen molar-refractivity contribution in [1.29, 1.82) is 0 Å². The number of hydrogen-bond acceptors (Lipinski definition) is 2. The Morgan fingerprint density at radius 1 is 1.33 bits per heavy atom. The molecule has 0 atom stereocenters. The summed E-state index contributed by atoms with van der Waals surface area (Å²) in [6, 6.07) is 0. The van der Waals surface area contributed by atoms with Gasteiger partial charge in [0.15, 0.2) is 0 Å². The van der Waals surface area contributed by atoms with Crippen LogP contribution in [0.3, 0.4) is 0 Å². The zero-order valence-electron chi connectivity index (χ0n) is 7.70. The molecule has 1 aliphatic carbocycles. The third-order valence-corrected chi connectivity index (χ3v) is 1.61. The standard InChI is InChI=1S/C10H15N2/c1-12(2)8-7-11-9-10-5-3-4-6-10/h3-6,9H,7-8H2,1-2H3. The number of hydrogen-bond donors (Lipinski definition) is 0. The van der Waals surface area contributed by atoms with Crippen LogP contribution in [0.25, 0.3) is 0 Å². The van der Waals surface area contributed by atoms with Gasteiger partial charge < -0.3 is 4.90 Å². The van der Waals surface area contributed by atoms with Crippen molar-refractivity contribution < 1.29 is 0 Å². The predicted molar refractivity (Wildman–Crippen MR) is 52.4 cm³/mol. The average molecular weight is 163 g/mol. The Kier molecular flexibility index (Phi) is 4.30. The fourth-order valence-electron chi connectivity index (χ4n) is 0.903. The molecule has 2 nitrogen and oxygen atoms in total. The van der Waals surface area contributed by atoms with Crippen LogP contribution >= 0.6 is 0 Å². The summed E-state index contributed by atoms with van der Waals surface area (Å²) >= 11 is 0. The quantitative estimate of drug-likeness (QED) is 0.565. The molecule has 1 fully saturated rings. The first-order valence-corrected chi connectivity index (χ1v) is 4.15. The summed E-state index contributed by atoms with van der Waals surface area (Å²) in [4.78, 5) is 6.41. The molecule has 0 N–H and O–H groups in total. The van der Waals surface area contributed by atoms with Gasteiger partial charge in [-0.05, 0) is 39.8 Å². The minimum absolute atomic E-state index is 0.873. The minimum atomic E-state index is 0.873. The van der Waals surface area contributed by atoms with Crippen molar-refractivity contribution in [2.45, 2.75) is 0 Å². The maximum atomic E-state index is 4.29. The van der Waals surface area contributed by atoms with Crippen LogP contribution in [-0.4, -0.2) is 38.3 Å². The summed E-state index contributed by atoms with van der Waals surface area (Å²) in [7, 11) is 4.11. The summed E-state index contributed by atoms with van der Waals surface area (Å²) in [5.41, 5.74) is 0. The predicted octanol–water partition coefficient (Wildman–Crippen LogP) is 1.02. The van der Waals surface area contributed by atoms with E-state index in [1.807, 2.05) is 19.1 Å². The molecule has 0 aromatic carbocycles. The number of likely N-dealkylation sites (N-methyl/N-ethyl adjacent to an activating group) is 1. The van der Waals surface area contributed by atoms with E-state index in [1.54, 1.807) is 0 Å². The summed E-state index contributed by atoms with van der Waals surface area (Å²) in [5, 5.41) is 0. The summed E-state index contributed by atoms with van der Waals surface area (Å²) < 4.78 is 0. The fraction of sp³-hybridized carbons (Fsp3) is 0.400. The first-order valence-electron chi connectivity index (χ1n) is 4.15. The van der Waals surface area contributed by atoms with E-state index in [4.69, 9.17) is 0 Å². The number of aliphatic imine (C=N–C) groups is 1. The highest BCUT2D eigenvalue weighted by atomic mass is 15.1. The summed E-state index contributed by atoms with van der Waals surface area (Å²) in [5.74, 6) is 1.19. The van der Waals surface area contributed by atoms with Gasteiger partial charge in [-0.25, -0.2) is 0 Å². The van der Waals surface area contributed by atoms with Crippen molar-refractivity contribution in [2.75, 3.05) is 27.2 Å². The molecule has 1 aliphatic rings. The minimum Gasteiger partial charge on any atom is -0.308 e. The van der Waals surface area contributed by atoms with Crippen molar-refractivity contribution in [1.82, 2.24) is 4.90 Å². The van der Waals surface area contributed by atoms with Crippen LogP contribution < -0.4 is 0 Å². The smallest absolute Gasteiger partial charge is 0.0512 e. The Bertz CT molecular complexity index is 135. The van der Waals surface area contributed by atoms with E-state index in [1.165, 1.54) is 5.92 Å². The van der Waals surface area contributed by atoms with Gasteiger partial charge >= 0.3 is 0 Å². The highest BCUT2D eigenvalue weighted by Crippen LogP contribution is 2.20. The second-order valence-electron chi connectivity index (χ2n) is 3.06. The molecule has 2 heteroatoms. The Morgan fingerprint density at radius 3 is 2.58 bits per heavy atom. The molecule has 65 valence electrons. The van der Waals surface area contributed by atoms with Crippen LogP contribution in [-0.2, 0) is 0 Å². The van der Waals surface area contributed by atoms with Crippen LogP contribution in [0.2, 0.25) is 0 Å². The maximum Gasteiger partial charge on any atom is 0.0512 e. The van der Waals surface area contributed by atoms with Crippen molar-refractivity contribution >= 4 is 6.21 Å². The Morgan fingerprint density at radius 2 is 2.00 bits per heavy atom. The molecule has 0 amide bonds. The highest BCUT2D eigenvalue weighted by molar-refractivity contribution is 5.82. The van der Waals surface area contributed by atoms with Gasteiger partial charge in [0.1, 0.15) is 0 Å². The van der Waals surface area contributed by atoms with E-state index >= 15 is 0 Å². The number of nitrogens with zero attached hydrogens (tertiary/aromatic N) is 2. The van der Waals surface area contributed by atoms with Gasteiger partial charge in [0, 0.05) is 18.7 Å². The molecule has 0 saturated heterocycles. The summed E-state index contributed by atoms with van der Waals surface area (Å²) in [6.07, 6.45) is 10.1.